The first kappa shape index (κ1) is 16.4. The van der Waals surface area contributed by atoms with Gasteiger partial charge in [0.05, 0.1) is 12.0 Å². The fourth-order valence-corrected chi connectivity index (χ4v) is 2.50. The maximum atomic E-state index is 9.47. The smallest absolute Gasteiger partial charge is 0.0919 e. The van der Waals surface area contributed by atoms with Crippen LogP contribution in [0.1, 0.15) is 29.5 Å². The van der Waals surface area contributed by atoms with E-state index in [0.29, 0.717) is 0 Å². The van der Waals surface area contributed by atoms with E-state index < -0.39 is 0 Å². The van der Waals surface area contributed by atoms with Crippen LogP contribution in [0.25, 0.3) is 0 Å². The molecule has 0 aliphatic heterocycles. The van der Waals surface area contributed by atoms with Gasteiger partial charge in [0.2, 0.25) is 0 Å². The molecule has 0 saturated heterocycles. The van der Waals surface area contributed by atoms with Crippen molar-refractivity contribution in [2.45, 2.75) is 12.8 Å². The third-order valence-corrected chi connectivity index (χ3v) is 3.90. The number of nitrogens with one attached hydrogen (secondary N) is 1. The van der Waals surface area contributed by atoms with E-state index in [0.717, 1.165) is 22.4 Å². The van der Waals surface area contributed by atoms with Crippen molar-refractivity contribution < 1.29 is 0 Å². The zero-order chi connectivity index (χ0) is 16.7. The fourth-order valence-electron chi connectivity index (χ4n) is 2.50. The normalized spacial score (nSPS) is 12.2. The fraction of sp³-hybridized carbons (Fsp3) is 0.190. The minimum absolute atomic E-state index is 0.0150. The Balaban J connectivity index is 2.36. The van der Waals surface area contributed by atoms with Crippen LogP contribution in [-0.2, 0) is 0 Å². The number of rotatable bonds is 4. The summed E-state index contributed by atoms with van der Waals surface area (Å²) in [7, 11) is 1.79. The minimum atomic E-state index is -0.292. The highest BCUT2D eigenvalue weighted by Crippen LogP contribution is 2.29. The highest BCUT2D eigenvalue weighted by Gasteiger charge is 2.22. The lowest BCUT2D eigenvalue weighted by molar-refractivity contribution is 0.596. The lowest BCUT2D eigenvalue weighted by Gasteiger charge is -2.21. The second-order valence-electron chi connectivity index (χ2n) is 5.37. The van der Waals surface area contributed by atoms with Crippen LogP contribution in [0.15, 0.2) is 66.9 Å². The molecular formula is C21H20N2. The summed E-state index contributed by atoms with van der Waals surface area (Å²) < 4.78 is 0. The van der Waals surface area contributed by atoms with Crippen LogP contribution in [-0.4, -0.2) is 7.05 Å². The SMILES string of the molecule is C=C(NC)C(C#N)C(C)c1ccccc1C#Cc1ccccc1. The van der Waals surface area contributed by atoms with Crippen LogP contribution in [0.5, 0.6) is 0 Å². The number of hydrogen-bond acceptors (Lipinski definition) is 2. The molecule has 2 nitrogen and oxygen atoms in total. The number of hydrogen-bond donors (Lipinski definition) is 1. The molecule has 0 fully saturated rings. The molecule has 2 rings (SSSR count). The zero-order valence-electron chi connectivity index (χ0n) is 13.5. The van der Waals surface area contributed by atoms with Gasteiger partial charge in [-0.3, -0.25) is 0 Å². The molecule has 0 radical (unpaired) electrons. The average Bonchev–Trinajstić information content (AvgIpc) is 2.61. The lowest BCUT2D eigenvalue weighted by atomic mass is 9.84. The lowest BCUT2D eigenvalue weighted by Crippen LogP contribution is -2.19. The molecule has 2 aromatic rings. The van der Waals surface area contributed by atoms with Gasteiger partial charge in [0, 0.05) is 29.8 Å². The first-order valence-electron chi connectivity index (χ1n) is 7.59. The Morgan fingerprint density at radius 2 is 1.70 bits per heavy atom. The molecule has 1 N–H and O–H groups in total. The van der Waals surface area contributed by atoms with E-state index in [4.69, 9.17) is 0 Å². The van der Waals surface area contributed by atoms with Crippen molar-refractivity contribution >= 4 is 0 Å². The standard InChI is InChI=1S/C21H20N2/c1-16(21(15-22)17(2)23-3)20-12-8-7-11-19(20)14-13-18-9-5-4-6-10-18/h4-12,16,21,23H,2H2,1,3H3. The minimum Gasteiger partial charge on any atom is -0.391 e. The highest BCUT2D eigenvalue weighted by molar-refractivity contribution is 5.48. The molecule has 0 aliphatic rings. The summed E-state index contributed by atoms with van der Waals surface area (Å²) in [6, 6.07) is 20.2. The van der Waals surface area contributed by atoms with Crippen molar-refractivity contribution in [1.29, 1.82) is 5.26 Å². The zero-order valence-corrected chi connectivity index (χ0v) is 13.5. The second kappa shape index (κ2) is 7.87. The van der Waals surface area contributed by atoms with Crippen molar-refractivity contribution in [1.82, 2.24) is 5.32 Å². The molecule has 0 aromatic heterocycles. The van der Waals surface area contributed by atoms with E-state index in [2.05, 4.69) is 29.8 Å². The summed E-state index contributed by atoms with van der Waals surface area (Å²) >= 11 is 0. The number of nitriles is 1. The van der Waals surface area contributed by atoms with Gasteiger partial charge in [-0.2, -0.15) is 5.26 Å². The van der Waals surface area contributed by atoms with E-state index in [1.165, 1.54) is 0 Å². The van der Waals surface area contributed by atoms with Gasteiger partial charge >= 0.3 is 0 Å². The summed E-state index contributed by atoms with van der Waals surface area (Å²) in [5.41, 5.74) is 3.73. The molecule has 2 heteroatoms. The van der Waals surface area contributed by atoms with Crippen molar-refractivity contribution in [3.8, 4) is 17.9 Å². The molecular weight excluding hydrogens is 280 g/mol. The average molecular weight is 300 g/mol. The summed E-state index contributed by atoms with van der Waals surface area (Å²) in [6.07, 6.45) is 0. The van der Waals surface area contributed by atoms with Gasteiger partial charge in [0.25, 0.3) is 0 Å². The van der Waals surface area contributed by atoms with Gasteiger partial charge in [-0.05, 0) is 23.8 Å². The predicted octanol–water partition coefficient (Wildman–Crippen LogP) is 4.06. The van der Waals surface area contributed by atoms with Crippen LogP contribution < -0.4 is 5.32 Å². The number of benzene rings is 2. The summed E-state index contributed by atoms with van der Waals surface area (Å²) in [5, 5.41) is 12.5. The largest absolute Gasteiger partial charge is 0.391 e. The van der Waals surface area contributed by atoms with E-state index in [1.54, 1.807) is 7.05 Å². The number of allylic oxidation sites excluding steroid dienone is 1. The summed E-state index contributed by atoms with van der Waals surface area (Å²) in [4.78, 5) is 0. The Labute approximate surface area is 138 Å². The van der Waals surface area contributed by atoms with E-state index >= 15 is 0 Å². The van der Waals surface area contributed by atoms with Crippen LogP contribution in [0.3, 0.4) is 0 Å². The molecule has 0 amide bonds. The van der Waals surface area contributed by atoms with Crippen molar-refractivity contribution in [2.24, 2.45) is 5.92 Å². The Hall–Kier alpha value is -2.97. The first-order chi connectivity index (χ1) is 11.2. The molecule has 0 aliphatic carbocycles. The number of nitrogens with zero attached hydrogens (tertiary/aromatic N) is 1. The Bertz CT molecular complexity index is 773. The van der Waals surface area contributed by atoms with Gasteiger partial charge in [-0.15, -0.1) is 0 Å². The maximum absolute atomic E-state index is 9.47. The Morgan fingerprint density at radius 3 is 2.35 bits per heavy atom. The third-order valence-electron chi connectivity index (χ3n) is 3.90. The van der Waals surface area contributed by atoms with Gasteiger partial charge in [-0.1, -0.05) is 61.7 Å². The van der Waals surface area contributed by atoms with E-state index in [9.17, 15) is 5.26 Å². The Morgan fingerprint density at radius 1 is 1.04 bits per heavy atom. The molecule has 114 valence electrons. The van der Waals surface area contributed by atoms with Crippen molar-refractivity contribution in [3.63, 3.8) is 0 Å². The molecule has 2 unspecified atom stereocenters. The molecule has 0 heterocycles. The molecule has 0 bridgehead atoms. The van der Waals surface area contributed by atoms with Crippen LogP contribution in [0.4, 0.5) is 0 Å². The van der Waals surface area contributed by atoms with Crippen LogP contribution in [0.2, 0.25) is 0 Å². The molecule has 0 saturated carbocycles. The molecule has 0 spiro atoms. The molecule has 2 aromatic carbocycles. The van der Waals surface area contributed by atoms with E-state index in [1.807, 2.05) is 61.5 Å². The molecule has 23 heavy (non-hydrogen) atoms. The highest BCUT2D eigenvalue weighted by atomic mass is 14.8. The van der Waals surface area contributed by atoms with Gasteiger partial charge in [0.1, 0.15) is 0 Å². The van der Waals surface area contributed by atoms with Crippen molar-refractivity contribution in [3.05, 3.63) is 83.6 Å². The molecule has 2 atom stereocenters. The Kier molecular flexibility index (Phi) is 5.61. The second-order valence-corrected chi connectivity index (χ2v) is 5.37. The monoisotopic (exact) mass is 300 g/mol. The van der Waals surface area contributed by atoms with Crippen molar-refractivity contribution in [2.75, 3.05) is 7.05 Å². The van der Waals surface area contributed by atoms with E-state index in [-0.39, 0.29) is 11.8 Å². The maximum Gasteiger partial charge on any atom is 0.0919 e. The quantitative estimate of drug-likeness (QED) is 0.864. The third kappa shape index (κ3) is 4.02. The topological polar surface area (TPSA) is 35.8 Å². The van der Waals surface area contributed by atoms with Gasteiger partial charge < -0.3 is 5.32 Å². The summed E-state index contributed by atoms with van der Waals surface area (Å²) in [6.45, 7) is 5.99. The van der Waals surface area contributed by atoms with Crippen LogP contribution in [0, 0.1) is 29.1 Å². The van der Waals surface area contributed by atoms with Gasteiger partial charge in [0.15, 0.2) is 0 Å². The van der Waals surface area contributed by atoms with Crippen LogP contribution >= 0.6 is 0 Å². The first-order valence-corrected chi connectivity index (χ1v) is 7.59. The predicted molar refractivity (Wildman–Crippen MR) is 94.6 cm³/mol. The van der Waals surface area contributed by atoms with Gasteiger partial charge in [-0.25, -0.2) is 0 Å². The summed E-state index contributed by atoms with van der Waals surface area (Å²) in [5.74, 6) is 6.15.